The van der Waals surface area contributed by atoms with Gasteiger partial charge < -0.3 is 15.3 Å². The maximum Gasteiger partial charge on any atom is 0.0443 e. The molecule has 1 aromatic carbocycles. The minimum Gasteiger partial charge on any atom is -0.396 e. The molecule has 1 saturated heterocycles. The van der Waals surface area contributed by atoms with Gasteiger partial charge in [-0.15, -0.1) is 0 Å². The quantitative estimate of drug-likeness (QED) is 0.805. The fraction of sp³-hybridized carbons (Fsp3) is 0.571. The Morgan fingerprint density at radius 1 is 1.44 bits per heavy atom. The number of aliphatic hydroxyl groups excluding tert-OH is 1. The Hall–Kier alpha value is -0.770. The highest BCUT2D eigenvalue weighted by molar-refractivity contribution is 6.30. The Morgan fingerprint density at radius 3 is 3.11 bits per heavy atom. The summed E-state index contributed by atoms with van der Waals surface area (Å²) in [5.41, 5.74) is 1.20. The van der Waals surface area contributed by atoms with E-state index in [1.54, 1.807) is 0 Å². The first-order valence-electron chi connectivity index (χ1n) is 6.64. The van der Waals surface area contributed by atoms with E-state index < -0.39 is 0 Å². The number of halogens is 1. The molecule has 0 bridgehead atoms. The molecule has 2 rings (SSSR count). The van der Waals surface area contributed by atoms with Crippen molar-refractivity contribution in [3.05, 3.63) is 29.3 Å². The van der Waals surface area contributed by atoms with E-state index in [2.05, 4.69) is 16.3 Å². The van der Waals surface area contributed by atoms with E-state index in [9.17, 15) is 0 Å². The molecule has 4 heteroatoms. The molecule has 0 saturated carbocycles. The molecular weight excluding hydrogens is 248 g/mol. The van der Waals surface area contributed by atoms with E-state index in [1.807, 2.05) is 18.2 Å². The molecule has 2 N–H and O–H groups in total. The molecule has 0 radical (unpaired) electrons. The molecule has 100 valence electrons. The number of piperidine rings is 1. The monoisotopic (exact) mass is 268 g/mol. The van der Waals surface area contributed by atoms with Crippen LogP contribution in [-0.4, -0.2) is 37.4 Å². The second-order valence-corrected chi connectivity index (χ2v) is 5.23. The fourth-order valence-electron chi connectivity index (χ4n) is 2.44. The highest BCUT2D eigenvalue weighted by Gasteiger charge is 2.19. The van der Waals surface area contributed by atoms with Crippen LogP contribution in [0.1, 0.15) is 19.3 Å². The number of aliphatic hydroxyl groups is 1. The third kappa shape index (κ3) is 3.87. The van der Waals surface area contributed by atoms with Crippen LogP contribution in [0, 0.1) is 0 Å². The summed E-state index contributed by atoms with van der Waals surface area (Å²) in [7, 11) is 0. The predicted molar refractivity (Wildman–Crippen MR) is 76.4 cm³/mol. The number of nitrogens with zero attached hydrogens (tertiary/aromatic N) is 1. The highest BCUT2D eigenvalue weighted by Crippen LogP contribution is 2.23. The van der Waals surface area contributed by atoms with Gasteiger partial charge in [0.05, 0.1) is 0 Å². The van der Waals surface area contributed by atoms with Crippen molar-refractivity contribution >= 4 is 17.3 Å². The number of hydrogen-bond acceptors (Lipinski definition) is 3. The minimum absolute atomic E-state index is 0.262. The Kier molecular flexibility index (Phi) is 5.29. The Bertz CT molecular complexity index is 373. The average Bonchev–Trinajstić information content (AvgIpc) is 2.39. The van der Waals surface area contributed by atoms with E-state index in [1.165, 1.54) is 18.5 Å². The first-order valence-corrected chi connectivity index (χ1v) is 7.02. The summed E-state index contributed by atoms with van der Waals surface area (Å²) in [6, 6.07) is 8.57. The smallest absolute Gasteiger partial charge is 0.0443 e. The molecule has 0 spiro atoms. The van der Waals surface area contributed by atoms with Gasteiger partial charge in [-0.3, -0.25) is 0 Å². The first kappa shape index (κ1) is 13.7. The van der Waals surface area contributed by atoms with Crippen molar-refractivity contribution in [1.82, 2.24) is 5.32 Å². The molecule has 1 aromatic rings. The maximum atomic E-state index is 8.79. The van der Waals surface area contributed by atoms with Crippen LogP contribution < -0.4 is 10.2 Å². The van der Waals surface area contributed by atoms with Gasteiger partial charge in [0.2, 0.25) is 0 Å². The normalized spacial score (nSPS) is 20.1. The summed E-state index contributed by atoms with van der Waals surface area (Å²) in [4.78, 5) is 2.38. The number of nitrogens with one attached hydrogen (secondary N) is 1. The zero-order valence-electron chi connectivity index (χ0n) is 10.6. The zero-order chi connectivity index (χ0) is 12.8. The molecule has 1 fully saturated rings. The van der Waals surface area contributed by atoms with Crippen molar-refractivity contribution in [1.29, 1.82) is 0 Å². The maximum absolute atomic E-state index is 8.79. The van der Waals surface area contributed by atoms with Gasteiger partial charge in [-0.2, -0.15) is 0 Å². The van der Waals surface area contributed by atoms with Gasteiger partial charge in [0.25, 0.3) is 0 Å². The second kappa shape index (κ2) is 6.98. The molecule has 1 atom stereocenters. The summed E-state index contributed by atoms with van der Waals surface area (Å²) < 4.78 is 0. The predicted octanol–water partition coefficient (Wildman–Crippen LogP) is 2.28. The van der Waals surface area contributed by atoms with Crippen molar-refractivity contribution in [2.45, 2.75) is 25.3 Å². The van der Waals surface area contributed by atoms with Crippen LogP contribution in [0.25, 0.3) is 0 Å². The van der Waals surface area contributed by atoms with E-state index in [0.717, 1.165) is 31.1 Å². The van der Waals surface area contributed by atoms with Crippen LogP contribution in [0.3, 0.4) is 0 Å². The second-order valence-electron chi connectivity index (χ2n) is 4.80. The molecule has 3 nitrogen and oxygen atoms in total. The highest BCUT2D eigenvalue weighted by atomic mass is 35.5. The fourth-order valence-corrected chi connectivity index (χ4v) is 2.62. The average molecular weight is 269 g/mol. The summed E-state index contributed by atoms with van der Waals surface area (Å²) in [6.07, 6.45) is 3.24. The van der Waals surface area contributed by atoms with Crippen LogP contribution in [0.15, 0.2) is 24.3 Å². The van der Waals surface area contributed by atoms with Crippen LogP contribution >= 0.6 is 11.6 Å². The van der Waals surface area contributed by atoms with Crippen molar-refractivity contribution in [2.24, 2.45) is 0 Å². The summed E-state index contributed by atoms with van der Waals surface area (Å²) in [5, 5.41) is 13.1. The zero-order valence-corrected chi connectivity index (χ0v) is 11.4. The lowest BCUT2D eigenvalue weighted by molar-refractivity contribution is 0.280. The molecule has 0 aromatic heterocycles. The van der Waals surface area contributed by atoms with Gasteiger partial charge in [-0.1, -0.05) is 17.7 Å². The molecule has 1 aliphatic heterocycles. The van der Waals surface area contributed by atoms with Gasteiger partial charge >= 0.3 is 0 Å². The number of rotatable bonds is 5. The van der Waals surface area contributed by atoms with Gasteiger partial charge in [0.1, 0.15) is 0 Å². The van der Waals surface area contributed by atoms with Crippen LogP contribution in [0.5, 0.6) is 0 Å². The largest absolute Gasteiger partial charge is 0.396 e. The molecule has 0 amide bonds. The van der Waals surface area contributed by atoms with Crippen molar-refractivity contribution in [3.8, 4) is 0 Å². The summed E-state index contributed by atoms with van der Waals surface area (Å²) in [5.74, 6) is 0. The van der Waals surface area contributed by atoms with E-state index in [-0.39, 0.29) is 6.61 Å². The Morgan fingerprint density at radius 2 is 2.33 bits per heavy atom. The topological polar surface area (TPSA) is 35.5 Å². The third-order valence-corrected chi connectivity index (χ3v) is 3.60. The molecule has 1 unspecified atom stereocenters. The molecular formula is C14H21ClN2O. The summed E-state index contributed by atoms with van der Waals surface area (Å²) >= 11 is 6.03. The Balaban J connectivity index is 1.90. The third-order valence-electron chi connectivity index (χ3n) is 3.36. The van der Waals surface area contributed by atoms with E-state index in [4.69, 9.17) is 16.7 Å². The van der Waals surface area contributed by atoms with Gasteiger partial charge in [-0.25, -0.2) is 0 Å². The number of hydrogen-bond donors (Lipinski definition) is 2. The van der Waals surface area contributed by atoms with Crippen LogP contribution in [-0.2, 0) is 0 Å². The lowest BCUT2D eigenvalue weighted by Gasteiger charge is -2.35. The standard InChI is InChI=1S/C14H21ClN2O/c15-12-4-1-6-14(10-12)17-8-2-5-13(11-17)16-7-3-9-18/h1,4,6,10,13,16,18H,2-3,5,7-9,11H2. The molecule has 18 heavy (non-hydrogen) atoms. The van der Waals surface area contributed by atoms with Crippen molar-refractivity contribution in [2.75, 3.05) is 31.1 Å². The number of anilines is 1. The van der Waals surface area contributed by atoms with Crippen molar-refractivity contribution < 1.29 is 5.11 Å². The van der Waals surface area contributed by atoms with Crippen molar-refractivity contribution in [3.63, 3.8) is 0 Å². The summed E-state index contributed by atoms with van der Waals surface area (Å²) in [6.45, 7) is 3.27. The van der Waals surface area contributed by atoms with Gasteiger partial charge in [0, 0.05) is 36.4 Å². The van der Waals surface area contributed by atoms with Crippen LogP contribution in [0.4, 0.5) is 5.69 Å². The lowest BCUT2D eigenvalue weighted by atomic mass is 10.0. The van der Waals surface area contributed by atoms with Crippen LogP contribution in [0.2, 0.25) is 5.02 Å². The lowest BCUT2D eigenvalue weighted by Crippen LogP contribution is -2.46. The molecule has 1 heterocycles. The SMILES string of the molecule is OCCCNC1CCCN(c2cccc(Cl)c2)C1. The minimum atomic E-state index is 0.262. The van der Waals surface area contributed by atoms with Gasteiger partial charge in [0.15, 0.2) is 0 Å². The molecule has 1 aliphatic rings. The van der Waals surface area contributed by atoms with Gasteiger partial charge in [-0.05, 0) is 44.0 Å². The number of benzene rings is 1. The van der Waals surface area contributed by atoms with E-state index >= 15 is 0 Å². The molecule has 0 aliphatic carbocycles. The first-order chi connectivity index (χ1) is 8.79. The Labute approximate surface area is 114 Å². The van der Waals surface area contributed by atoms with E-state index in [0.29, 0.717) is 6.04 Å².